The summed E-state index contributed by atoms with van der Waals surface area (Å²) < 4.78 is 5.17. The van der Waals surface area contributed by atoms with Gasteiger partial charge in [-0.15, -0.1) is 0 Å². The van der Waals surface area contributed by atoms with E-state index in [9.17, 15) is 0 Å². The molecule has 0 atom stereocenters. The number of hydrogen-bond acceptors (Lipinski definition) is 5. The van der Waals surface area contributed by atoms with E-state index in [1.807, 2.05) is 12.1 Å². The van der Waals surface area contributed by atoms with E-state index in [1.165, 1.54) is 0 Å². The van der Waals surface area contributed by atoms with Gasteiger partial charge in [0.15, 0.2) is 0 Å². The zero-order chi connectivity index (χ0) is 12.3. The summed E-state index contributed by atoms with van der Waals surface area (Å²) in [6.07, 6.45) is 3.53. The van der Waals surface area contributed by atoms with Crippen molar-refractivity contribution in [3.63, 3.8) is 0 Å². The van der Waals surface area contributed by atoms with Crippen LogP contribution in [0.3, 0.4) is 0 Å². The highest BCUT2D eigenvalue weighted by Crippen LogP contribution is 2.27. The van der Waals surface area contributed by atoms with Crippen molar-refractivity contribution in [2.45, 2.75) is 18.4 Å². The molecule has 0 saturated carbocycles. The molecule has 0 amide bonds. The number of methoxy groups -OCH3 is 1. The average molecular weight is 236 g/mol. The third-order valence-electron chi connectivity index (χ3n) is 3.35. The van der Waals surface area contributed by atoms with Crippen molar-refractivity contribution in [1.82, 2.24) is 4.98 Å². The first-order chi connectivity index (χ1) is 8.14. The molecule has 0 spiro atoms. The summed E-state index contributed by atoms with van der Waals surface area (Å²) in [5.41, 5.74) is 12.9. The molecular formula is C12H20N4O. The average Bonchev–Trinajstić information content (AvgIpc) is 2.31. The Hall–Kier alpha value is -1.33. The fourth-order valence-corrected chi connectivity index (χ4v) is 2.30. The van der Waals surface area contributed by atoms with Gasteiger partial charge in [-0.25, -0.2) is 4.98 Å². The number of nitrogens with zero attached hydrogens (tertiary/aromatic N) is 2. The quantitative estimate of drug-likeness (QED) is 0.804. The molecule has 5 nitrogen and oxygen atoms in total. The molecule has 1 aliphatic rings. The number of ether oxygens (including phenoxy) is 1. The zero-order valence-corrected chi connectivity index (χ0v) is 10.2. The van der Waals surface area contributed by atoms with Crippen molar-refractivity contribution in [3.8, 4) is 0 Å². The first-order valence-corrected chi connectivity index (χ1v) is 5.88. The van der Waals surface area contributed by atoms with E-state index >= 15 is 0 Å². The minimum atomic E-state index is -0.192. The second kappa shape index (κ2) is 4.89. The summed E-state index contributed by atoms with van der Waals surface area (Å²) in [5.74, 6) is 0.587. The molecule has 2 heterocycles. The third kappa shape index (κ3) is 2.68. The smallest absolute Gasteiger partial charge is 0.146 e. The minimum Gasteiger partial charge on any atom is -0.383 e. The summed E-state index contributed by atoms with van der Waals surface area (Å²) in [6.45, 7) is 2.41. The van der Waals surface area contributed by atoms with E-state index in [4.69, 9.17) is 16.2 Å². The molecule has 4 N–H and O–H groups in total. The fourth-order valence-electron chi connectivity index (χ4n) is 2.30. The number of rotatable bonds is 3. The summed E-state index contributed by atoms with van der Waals surface area (Å²) in [7, 11) is 1.69. The monoisotopic (exact) mass is 236 g/mol. The van der Waals surface area contributed by atoms with E-state index in [-0.39, 0.29) is 5.54 Å². The van der Waals surface area contributed by atoms with Crippen LogP contribution < -0.4 is 16.4 Å². The van der Waals surface area contributed by atoms with Crippen LogP contribution in [0.15, 0.2) is 18.3 Å². The maximum Gasteiger partial charge on any atom is 0.146 e. The van der Waals surface area contributed by atoms with Gasteiger partial charge < -0.3 is 21.1 Å². The molecule has 0 unspecified atom stereocenters. The third-order valence-corrected chi connectivity index (χ3v) is 3.35. The number of nitrogen functional groups attached to an aromatic ring is 1. The number of aromatic nitrogens is 1. The second-order valence-corrected chi connectivity index (χ2v) is 4.69. The Labute approximate surface area is 102 Å². The van der Waals surface area contributed by atoms with Crippen LogP contribution in [0.1, 0.15) is 12.8 Å². The van der Waals surface area contributed by atoms with Gasteiger partial charge in [0.2, 0.25) is 0 Å². The molecule has 2 rings (SSSR count). The normalized spacial score (nSPS) is 19.3. The van der Waals surface area contributed by atoms with Gasteiger partial charge in [-0.05, 0) is 25.0 Å². The Kier molecular flexibility index (Phi) is 3.49. The van der Waals surface area contributed by atoms with E-state index in [0.29, 0.717) is 12.4 Å². The fraction of sp³-hybridized carbons (Fsp3) is 0.583. The number of nitrogens with two attached hydrogens (primary N) is 2. The molecule has 1 fully saturated rings. The van der Waals surface area contributed by atoms with Gasteiger partial charge in [0.1, 0.15) is 5.82 Å². The van der Waals surface area contributed by atoms with Crippen molar-refractivity contribution in [1.29, 1.82) is 0 Å². The van der Waals surface area contributed by atoms with Gasteiger partial charge in [0, 0.05) is 31.9 Å². The Balaban J connectivity index is 2.02. The topological polar surface area (TPSA) is 77.4 Å². The molecule has 5 heteroatoms. The van der Waals surface area contributed by atoms with Crippen molar-refractivity contribution >= 4 is 11.5 Å². The minimum absolute atomic E-state index is 0.192. The lowest BCUT2D eigenvalue weighted by Crippen LogP contribution is -2.53. The first-order valence-electron chi connectivity index (χ1n) is 5.88. The number of anilines is 2. The Morgan fingerprint density at radius 3 is 2.76 bits per heavy atom. The molecule has 0 aliphatic carbocycles. The van der Waals surface area contributed by atoms with E-state index in [1.54, 1.807) is 13.3 Å². The van der Waals surface area contributed by atoms with Crippen LogP contribution in [0.2, 0.25) is 0 Å². The molecule has 1 aliphatic heterocycles. The highest BCUT2D eigenvalue weighted by Gasteiger charge is 2.31. The molecule has 0 aromatic carbocycles. The maximum atomic E-state index is 6.25. The largest absolute Gasteiger partial charge is 0.383 e. The predicted octanol–water partition coefficient (Wildman–Crippen LogP) is 0.608. The number of pyridine rings is 1. The van der Waals surface area contributed by atoms with Crippen LogP contribution >= 0.6 is 0 Å². The Morgan fingerprint density at radius 2 is 2.18 bits per heavy atom. The van der Waals surface area contributed by atoms with Gasteiger partial charge in [-0.2, -0.15) is 0 Å². The molecular weight excluding hydrogens is 216 g/mol. The van der Waals surface area contributed by atoms with Gasteiger partial charge in [-0.3, -0.25) is 0 Å². The molecule has 1 saturated heterocycles. The van der Waals surface area contributed by atoms with Gasteiger partial charge in [-0.1, -0.05) is 0 Å². The van der Waals surface area contributed by atoms with E-state index < -0.39 is 0 Å². The maximum absolute atomic E-state index is 6.25. The van der Waals surface area contributed by atoms with Crippen molar-refractivity contribution in [2.75, 3.05) is 37.4 Å². The van der Waals surface area contributed by atoms with E-state index in [0.717, 1.165) is 31.6 Å². The van der Waals surface area contributed by atoms with Gasteiger partial charge >= 0.3 is 0 Å². The van der Waals surface area contributed by atoms with Crippen LogP contribution in [0.25, 0.3) is 0 Å². The number of hydrogen-bond donors (Lipinski definition) is 2. The summed E-state index contributed by atoms with van der Waals surface area (Å²) >= 11 is 0. The Bertz CT molecular complexity index is 375. The van der Waals surface area contributed by atoms with Crippen LogP contribution in [0.4, 0.5) is 11.5 Å². The highest BCUT2D eigenvalue weighted by atomic mass is 16.5. The summed E-state index contributed by atoms with van der Waals surface area (Å²) in [6, 6.07) is 3.91. The molecule has 0 radical (unpaired) electrons. The zero-order valence-electron chi connectivity index (χ0n) is 10.2. The number of piperidine rings is 1. The van der Waals surface area contributed by atoms with Gasteiger partial charge in [0.25, 0.3) is 0 Å². The SMILES string of the molecule is COCC1(N)CCN(c2cccnc2N)CC1. The van der Waals surface area contributed by atoms with Crippen molar-refractivity contribution < 1.29 is 4.74 Å². The summed E-state index contributed by atoms with van der Waals surface area (Å²) in [4.78, 5) is 6.35. The lowest BCUT2D eigenvalue weighted by Gasteiger charge is -2.39. The van der Waals surface area contributed by atoms with Crippen LogP contribution in [-0.4, -0.2) is 37.3 Å². The summed E-state index contributed by atoms with van der Waals surface area (Å²) in [5, 5.41) is 0. The van der Waals surface area contributed by atoms with Gasteiger partial charge in [0.05, 0.1) is 12.3 Å². The van der Waals surface area contributed by atoms with E-state index in [2.05, 4.69) is 9.88 Å². The first kappa shape index (κ1) is 12.1. The molecule has 94 valence electrons. The molecule has 17 heavy (non-hydrogen) atoms. The Morgan fingerprint density at radius 1 is 1.47 bits per heavy atom. The van der Waals surface area contributed by atoms with Crippen LogP contribution in [0.5, 0.6) is 0 Å². The molecule has 0 bridgehead atoms. The lowest BCUT2D eigenvalue weighted by molar-refractivity contribution is 0.116. The molecule has 1 aromatic heterocycles. The van der Waals surface area contributed by atoms with Crippen molar-refractivity contribution in [2.24, 2.45) is 5.73 Å². The standard InChI is InChI=1S/C12H20N4O/c1-17-9-12(14)4-7-16(8-5-12)10-3-2-6-15-11(10)13/h2-3,6H,4-5,7-9,14H2,1H3,(H2,13,15). The van der Waals surface area contributed by atoms with Crippen LogP contribution in [0, 0.1) is 0 Å². The van der Waals surface area contributed by atoms with Crippen LogP contribution in [-0.2, 0) is 4.74 Å². The van der Waals surface area contributed by atoms with Crippen molar-refractivity contribution in [3.05, 3.63) is 18.3 Å². The molecule has 1 aromatic rings. The highest BCUT2D eigenvalue weighted by molar-refractivity contribution is 5.63. The second-order valence-electron chi connectivity index (χ2n) is 4.69. The predicted molar refractivity (Wildman–Crippen MR) is 68.9 cm³/mol. The lowest BCUT2D eigenvalue weighted by atomic mass is 9.89.